The van der Waals surface area contributed by atoms with E-state index in [-0.39, 0.29) is 11.7 Å². The van der Waals surface area contributed by atoms with Crippen LogP contribution in [0.4, 0.5) is 15.9 Å². The van der Waals surface area contributed by atoms with Gasteiger partial charge >= 0.3 is 0 Å². The summed E-state index contributed by atoms with van der Waals surface area (Å²) in [6.07, 6.45) is 0.891. The van der Waals surface area contributed by atoms with Crippen LogP contribution in [0.3, 0.4) is 0 Å². The smallest absolute Gasteiger partial charge is 0.271 e. The molecule has 28 heavy (non-hydrogen) atoms. The standard InChI is InChI=1S/C20H27FN6O/c1-25(2)11-3-10-22-20(28)18-8-9-19(24-23-18)27-14-12-26(13-15-27)17-6-4-16(21)5-7-17/h4-9H,3,10-15H2,1-2H3,(H,22,28). The van der Waals surface area contributed by atoms with E-state index >= 15 is 0 Å². The highest BCUT2D eigenvalue weighted by Gasteiger charge is 2.19. The van der Waals surface area contributed by atoms with Crippen LogP contribution in [0.2, 0.25) is 0 Å². The van der Waals surface area contributed by atoms with Gasteiger partial charge in [-0.1, -0.05) is 0 Å². The first-order chi connectivity index (χ1) is 13.5. The van der Waals surface area contributed by atoms with Gasteiger partial charge in [-0.25, -0.2) is 4.39 Å². The molecule has 1 saturated heterocycles. The maximum absolute atomic E-state index is 13.1. The summed E-state index contributed by atoms with van der Waals surface area (Å²) in [5.74, 6) is 0.348. The molecule has 8 heteroatoms. The summed E-state index contributed by atoms with van der Waals surface area (Å²) < 4.78 is 13.1. The Kier molecular flexibility index (Phi) is 6.76. The summed E-state index contributed by atoms with van der Waals surface area (Å²) >= 11 is 0. The van der Waals surface area contributed by atoms with Crippen LogP contribution in [0.15, 0.2) is 36.4 Å². The fourth-order valence-corrected chi connectivity index (χ4v) is 3.15. The van der Waals surface area contributed by atoms with E-state index in [0.717, 1.165) is 50.6 Å². The summed E-state index contributed by atoms with van der Waals surface area (Å²) in [6.45, 7) is 4.77. The van der Waals surface area contributed by atoms with Crippen LogP contribution in [-0.4, -0.2) is 74.4 Å². The minimum Gasteiger partial charge on any atom is -0.368 e. The number of aromatic nitrogens is 2. The zero-order valence-corrected chi connectivity index (χ0v) is 16.4. The van der Waals surface area contributed by atoms with Crippen molar-refractivity contribution in [2.45, 2.75) is 6.42 Å². The third-order valence-electron chi connectivity index (χ3n) is 4.75. The minimum absolute atomic E-state index is 0.195. The van der Waals surface area contributed by atoms with Crippen molar-refractivity contribution in [1.29, 1.82) is 0 Å². The first kappa shape index (κ1) is 20.0. The monoisotopic (exact) mass is 386 g/mol. The van der Waals surface area contributed by atoms with Gasteiger partial charge in [0.15, 0.2) is 11.5 Å². The molecule has 2 aromatic rings. The van der Waals surface area contributed by atoms with Gasteiger partial charge in [-0.2, -0.15) is 0 Å². The Bertz CT molecular complexity index is 757. The summed E-state index contributed by atoms with van der Waals surface area (Å²) in [5.41, 5.74) is 1.35. The lowest BCUT2D eigenvalue weighted by atomic mass is 10.2. The van der Waals surface area contributed by atoms with Crippen LogP contribution >= 0.6 is 0 Å². The number of carbonyl (C=O) groups excluding carboxylic acids is 1. The molecule has 150 valence electrons. The SMILES string of the molecule is CN(C)CCCNC(=O)c1ccc(N2CCN(c3ccc(F)cc3)CC2)nn1. The fraction of sp³-hybridized carbons (Fsp3) is 0.450. The molecule has 7 nitrogen and oxygen atoms in total. The van der Waals surface area contributed by atoms with Gasteiger partial charge in [0.2, 0.25) is 0 Å². The molecule has 1 amide bonds. The largest absolute Gasteiger partial charge is 0.368 e. The number of piperazine rings is 1. The Morgan fingerprint density at radius 1 is 1.04 bits per heavy atom. The number of nitrogens with one attached hydrogen (secondary N) is 1. The Hall–Kier alpha value is -2.74. The van der Waals surface area contributed by atoms with Crippen molar-refractivity contribution in [2.75, 3.05) is 63.2 Å². The molecule has 0 aliphatic carbocycles. The van der Waals surface area contributed by atoms with Gasteiger partial charge in [0.05, 0.1) is 0 Å². The van der Waals surface area contributed by atoms with Gasteiger partial charge < -0.3 is 20.0 Å². The average molecular weight is 386 g/mol. The van der Waals surface area contributed by atoms with E-state index in [1.807, 2.05) is 20.2 Å². The van der Waals surface area contributed by atoms with Crippen molar-refractivity contribution in [2.24, 2.45) is 0 Å². The van der Waals surface area contributed by atoms with Crippen molar-refractivity contribution >= 4 is 17.4 Å². The first-order valence-electron chi connectivity index (χ1n) is 9.55. The van der Waals surface area contributed by atoms with Gasteiger partial charge in [-0.3, -0.25) is 4.79 Å². The Morgan fingerprint density at radius 3 is 2.32 bits per heavy atom. The van der Waals surface area contributed by atoms with Crippen LogP contribution < -0.4 is 15.1 Å². The van der Waals surface area contributed by atoms with E-state index in [2.05, 4.69) is 30.2 Å². The number of carbonyl (C=O) groups is 1. The quantitative estimate of drug-likeness (QED) is 0.730. The summed E-state index contributed by atoms with van der Waals surface area (Å²) in [4.78, 5) is 18.6. The predicted octanol–water partition coefficient (Wildman–Crippen LogP) is 1.62. The first-order valence-corrected chi connectivity index (χ1v) is 9.55. The van der Waals surface area contributed by atoms with Gasteiger partial charge in [0, 0.05) is 38.4 Å². The van der Waals surface area contributed by atoms with Gasteiger partial charge in [0.25, 0.3) is 5.91 Å². The van der Waals surface area contributed by atoms with Crippen molar-refractivity contribution in [3.05, 3.63) is 47.9 Å². The second-order valence-electron chi connectivity index (χ2n) is 7.14. The number of rotatable bonds is 7. The molecule has 0 unspecified atom stereocenters. The van der Waals surface area contributed by atoms with Crippen LogP contribution in [0, 0.1) is 5.82 Å². The third-order valence-corrected chi connectivity index (χ3v) is 4.75. The molecule has 0 radical (unpaired) electrons. The van der Waals surface area contributed by atoms with E-state index < -0.39 is 0 Å². The Labute approximate surface area is 165 Å². The molecule has 0 bridgehead atoms. The molecule has 1 aliphatic heterocycles. The van der Waals surface area contributed by atoms with Crippen LogP contribution in [0.1, 0.15) is 16.9 Å². The lowest BCUT2D eigenvalue weighted by molar-refractivity contribution is 0.0946. The zero-order chi connectivity index (χ0) is 19.9. The fourth-order valence-electron chi connectivity index (χ4n) is 3.15. The van der Waals surface area contributed by atoms with Gasteiger partial charge in [0.1, 0.15) is 5.82 Å². The molecular formula is C20H27FN6O. The van der Waals surface area contributed by atoms with E-state index in [9.17, 15) is 9.18 Å². The second kappa shape index (κ2) is 9.45. The van der Waals surface area contributed by atoms with E-state index in [1.54, 1.807) is 18.2 Å². The number of hydrogen-bond acceptors (Lipinski definition) is 6. The van der Waals surface area contributed by atoms with Crippen molar-refractivity contribution in [1.82, 2.24) is 20.4 Å². The average Bonchev–Trinajstić information content (AvgIpc) is 2.72. The topological polar surface area (TPSA) is 64.6 Å². The maximum Gasteiger partial charge on any atom is 0.271 e. The summed E-state index contributed by atoms with van der Waals surface area (Å²) in [6, 6.07) is 10.1. The molecule has 0 saturated carbocycles. The Morgan fingerprint density at radius 2 is 1.71 bits per heavy atom. The van der Waals surface area contributed by atoms with E-state index in [0.29, 0.717) is 12.2 Å². The number of hydrogen-bond donors (Lipinski definition) is 1. The zero-order valence-electron chi connectivity index (χ0n) is 16.4. The molecule has 0 spiro atoms. The molecule has 1 aliphatic rings. The second-order valence-corrected chi connectivity index (χ2v) is 7.14. The number of benzene rings is 1. The molecule has 1 aromatic heterocycles. The van der Waals surface area contributed by atoms with Crippen LogP contribution in [0.5, 0.6) is 0 Å². The molecule has 0 atom stereocenters. The number of nitrogens with zero attached hydrogens (tertiary/aromatic N) is 5. The highest BCUT2D eigenvalue weighted by molar-refractivity contribution is 5.92. The van der Waals surface area contributed by atoms with Crippen LogP contribution in [-0.2, 0) is 0 Å². The Balaban J connectivity index is 1.49. The molecule has 1 aromatic carbocycles. The van der Waals surface area contributed by atoms with Crippen molar-refractivity contribution in [3.8, 4) is 0 Å². The molecule has 2 heterocycles. The highest BCUT2D eigenvalue weighted by Crippen LogP contribution is 2.19. The lowest BCUT2D eigenvalue weighted by Crippen LogP contribution is -2.47. The van der Waals surface area contributed by atoms with Gasteiger partial charge in [-0.15, -0.1) is 10.2 Å². The summed E-state index contributed by atoms with van der Waals surface area (Å²) in [5, 5.41) is 11.2. The lowest BCUT2D eigenvalue weighted by Gasteiger charge is -2.36. The predicted molar refractivity (Wildman–Crippen MR) is 108 cm³/mol. The number of halogens is 1. The number of anilines is 2. The number of amides is 1. The van der Waals surface area contributed by atoms with E-state index in [4.69, 9.17) is 0 Å². The van der Waals surface area contributed by atoms with Crippen molar-refractivity contribution < 1.29 is 9.18 Å². The highest BCUT2D eigenvalue weighted by atomic mass is 19.1. The molecular weight excluding hydrogens is 359 g/mol. The van der Waals surface area contributed by atoms with E-state index in [1.165, 1.54) is 12.1 Å². The van der Waals surface area contributed by atoms with Gasteiger partial charge in [-0.05, 0) is 63.5 Å². The van der Waals surface area contributed by atoms with Crippen molar-refractivity contribution in [3.63, 3.8) is 0 Å². The molecule has 1 N–H and O–H groups in total. The van der Waals surface area contributed by atoms with Crippen LogP contribution in [0.25, 0.3) is 0 Å². The molecule has 3 rings (SSSR count). The minimum atomic E-state index is -0.223. The third kappa shape index (κ3) is 5.39. The summed E-state index contributed by atoms with van der Waals surface area (Å²) in [7, 11) is 4.01. The normalized spacial score (nSPS) is 14.4. The molecule has 1 fully saturated rings. The maximum atomic E-state index is 13.1.